The normalized spacial score (nSPS) is 17.1. The van der Waals surface area contributed by atoms with Crippen LogP contribution in [0.3, 0.4) is 0 Å². The maximum atomic E-state index is 12.1. The average Bonchev–Trinajstić information content (AvgIpc) is 3.24. The molecule has 0 radical (unpaired) electrons. The first-order valence-electron chi connectivity index (χ1n) is 9.49. The second-order valence-corrected chi connectivity index (χ2v) is 8.82. The van der Waals surface area contributed by atoms with Gasteiger partial charge in [-0.2, -0.15) is 0 Å². The molecule has 3 N–H and O–H groups in total. The van der Waals surface area contributed by atoms with Crippen LogP contribution in [0, 0.1) is 10.1 Å². The van der Waals surface area contributed by atoms with Crippen LogP contribution >= 0.6 is 0 Å². The largest absolute Gasteiger partial charge is 0.370 e. The van der Waals surface area contributed by atoms with Crippen molar-refractivity contribution in [2.75, 3.05) is 18.0 Å². The highest BCUT2D eigenvalue weighted by Gasteiger charge is 2.28. The first kappa shape index (κ1) is 20.0. The molecule has 9 nitrogen and oxygen atoms in total. The second kappa shape index (κ2) is 7.88. The van der Waals surface area contributed by atoms with Crippen molar-refractivity contribution in [3.63, 3.8) is 0 Å². The third kappa shape index (κ3) is 4.05. The second-order valence-electron chi connectivity index (χ2n) is 7.29. The smallest absolute Gasteiger partial charge is 0.270 e. The molecular formula is C20H21N5O4S. The van der Waals surface area contributed by atoms with Crippen LogP contribution in [0.4, 0.5) is 11.4 Å². The number of nitrogens with two attached hydrogens (primary N) is 1. The number of aromatic amines is 1. The summed E-state index contributed by atoms with van der Waals surface area (Å²) in [6.07, 6.45) is 3.52. The fourth-order valence-corrected chi connectivity index (χ4v) is 4.61. The van der Waals surface area contributed by atoms with Crippen LogP contribution in [-0.2, 0) is 10.0 Å². The molecule has 1 aliphatic heterocycles. The van der Waals surface area contributed by atoms with Crippen LogP contribution in [-0.4, -0.2) is 36.4 Å². The third-order valence-corrected chi connectivity index (χ3v) is 6.23. The molecule has 2 heterocycles. The Morgan fingerprint density at radius 3 is 2.67 bits per heavy atom. The standard InChI is InChI=1S/C20H21N5O4S/c21-30(28,29)19-11-16(25(26)27)8-9-18(19)24-10-4-7-15(13-24)20-22-12-17(23-20)14-5-2-1-3-6-14/h1-3,5-6,8-9,11-12,15H,4,7,10,13H2,(H,22,23)(H2,21,28,29). The molecule has 2 aromatic carbocycles. The van der Waals surface area contributed by atoms with Crippen molar-refractivity contribution in [2.24, 2.45) is 5.14 Å². The Kier molecular flexibility index (Phi) is 5.27. The number of rotatable bonds is 5. The Labute approximate surface area is 173 Å². The summed E-state index contributed by atoms with van der Waals surface area (Å²) in [7, 11) is -4.12. The number of non-ortho nitro benzene ring substituents is 1. The zero-order valence-corrected chi connectivity index (χ0v) is 16.9. The van der Waals surface area contributed by atoms with Gasteiger partial charge in [0.2, 0.25) is 10.0 Å². The molecule has 156 valence electrons. The van der Waals surface area contributed by atoms with Crippen LogP contribution in [0.1, 0.15) is 24.6 Å². The predicted molar refractivity (Wildman–Crippen MR) is 113 cm³/mol. The molecule has 0 aliphatic carbocycles. The van der Waals surface area contributed by atoms with Gasteiger partial charge < -0.3 is 9.88 Å². The van der Waals surface area contributed by atoms with Crippen LogP contribution in [0.5, 0.6) is 0 Å². The zero-order valence-electron chi connectivity index (χ0n) is 16.1. The van der Waals surface area contributed by atoms with E-state index >= 15 is 0 Å². The minimum Gasteiger partial charge on any atom is -0.370 e. The molecule has 1 saturated heterocycles. The van der Waals surface area contributed by atoms with Gasteiger partial charge in [0.1, 0.15) is 10.7 Å². The van der Waals surface area contributed by atoms with Gasteiger partial charge in [0.15, 0.2) is 0 Å². The summed E-state index contributed by atoms with van der Waals surface area (Å²) in [5.41, 5.74) is 2.02. The number of primary sulfonamides is 1. The molecule has 0 saturated carbocycles. The number of piperidine rings is 1. The van der Waals surface area contributed by atoms with Crippen LogP contribution in [0.25, 0.3) is 11.3 Å². The monoisotopic (exact) mass is 427 g/mol. The number of hydrogen-bond donors (Lipinski definition) is 2. The Balaban J connectivity index is 1.62. The van der Waals surface area contributed by atoms with Gasteiger partial charge >= 0.3 is 0 Å². The lowest BCUT2D eigenvalue weighted by atomic mass is 9.97. The van der Waals surface area contributed by atoms with Gasteiger partial charge in [-0.05, 0) is 24.5 Å². The molecular weight excluding hydrogens is 406 g/mol. The predicted octanol–water partition coefficient (Wildman–Crippen LogP) is 3.02. The van der Waals surface area contributed by atoms with Crippen molar-refractivity contribution in [3.8, 4) is 11.3 Å². The van der Waals surface area contributed by atoms with E-state index < -0.39 is 14.9 Å². The number of nitrogens with zero attached hydrogens (tertiary/aromatic N) is 3. The first-order valence-corrected chi connectivity index (χ1v) is 11.0. The van der Waals surface area contributed by atoms with Crippen LogP contribution < -0.4 is 10.0 Å². The number of sulfonamides is 1. The van der Waals surface area contributed by atoms with E-state index in [-0.39, 0.29) is 16.5 Å². The van der Waals surface area contributed by atoms with E-state index in [9.17, 15) is 18.5 Å². The van der Waals surface area contributed by atoms with Crippen molar-refractivity contribution in [3.05, 3.63) is 70.7 Å². The Bertz CT molecular complexity index is 1180. The fourth-order valence-electron chi connectivity index (χ4n) is 3.83. The topological polar surface area (TPSA) is 135 Å². The molecule has 3 aromatic rings. The maximum Gasteiger partial charge on any atom is 0.270 e. The van der Waals surface area contributed by atoms with Crippen molar-refractivity contribution in [2.45, 2.75) is 23.7 Å². The SMILES string of the molecule is NS(=O)(=O)c1cc([N+](=O)[O-])ccc1N1CCCC(c2ncc(-c3ccccc3)[nH]2)C1. The number of nitro groups is 1. The van der Waals surface area contributed by atoms with Gasteiger partial charge in [0.05, 0.1) is 22.5 Å². The van der Waals surface area contributed by atoms with E-state index in [4.69, 9.17) is 5.14 Å². The van der Waals surface area contributed by atoms with E-state index in [1.165, 1.54) is 12.1 Å². The van der Waals surface area contributed by atoms with Gasteiger partial charge in [-0.1, -0.05) is 30.3 Å². The minimum atomic E-state index is -4.12. The van der Waals surface area contributed by atoms with E-state index in [1.54, 1.807) is 6.20 Å². The highest BCUT2D eigenvalue weighted by atomic mass is 32.2. The number of nitro benzene ring substituents is 1. The lowest BCUT2D eigenvalue weighted by Crippen LogP contribution is -2.36. The van der Waals surface area contributed by atoms with E-state index in [2.05, 4.69) is 9.97 Å². The first-order chi connectivity index (χ1) is 14.3. The molecule has 0 bridgehead atoms. The summed E-state index contributed by atoms with van der Waals surface area (Å²) in [6.45, 7) is 1.16. The number of benzene rings is 2. The average molecular weight is 427 g/mol. The fraction of sp³-hybridized carbons (Fsp3) is 0.250. The summed E-state index contributed by atoms with van der Waals surface area (Å²) in [5, 5.41) is 16.4. The van der Waals surface area contributed by atoms with Gasteiger partial charge in [0, 0.05) is 31.1 Å². The minimum absolute atomic E-state index is 0.0692. The number of anilines is 1. The van der Waals surface area contributed by atoms with E-state index in [0.29, 0.717) is 18.8 Å². The quantitative estimate of drug-likeness (QED) is 0.475. The van der Waals surface area contributed by atoms with Crippen molar-refractivity contribution in [1.29, 1.82) is 0 Å². The summed E-state index contributed by atoms with van der Waals surface area (Å²) < 4.78 is 24.2. The zero-order chi connectivity index (χ0) is 21.3. The molecule has 1 aromatic heterocycles. The molecule has 30 heavy (non-hydrogen) atoms. The lowest BCUT2D eigenvalue weighted by molar-refractivity contribution is -0.385. The molecule has 10 heteroatoms. The lowest BCUT2D eigenvalue weighted by Gasteiger charge is -2.34. The highest BCUT2D eigenvalue weighted by molar-refractivity contribution is 7.89. The van der Waals surface area contributed by atoms with Crippen LogP contribution in [0.15, 0.2) is 59.6 Å². The highest BCUT2D eigenvalue weighted by Crippen LogP contribution is 2.34. The molecule has 1 aliphatic rings. The molecule has 1 fully saturated rings. The summed E-state index contributed by atoms with van der Waals surface area (Å²) in [6, 6.07) is 13.6. The molecule has 1 atom stereocenters. The van der Waals surface area contributed by atoms with Gasteiger partial charge in [-0.3, -0.25) is 10.1 Å². The maximum absolute atomic E-state index is 12.1. The summed E-state index contributed by atoms with van der Waals surface area (Å²) in [5.74, 6) is 0.900. The molecule has 1 unspecified atom stereocenters. The Hall–Kier alpha value is -3.24. The number of hydrogen-bond acceptors (Lipinski definition) is 6. The number of imidazole rings is 1. The molecule has 0 amide bonds. The van der Waals surface area contributed by atoms with Gasteiger partial charge in [0.25, 0.3) is 5.69 Å². The van der Waals surface area contributed by atoms with Crippen LogP contribution in [0.2, 0.25) is 0 Å². The summed E-state index contributed by atoms with van der Waals surface area (Å²) in [4.78, 5) is 20.0. The van der Waals surface area contributed by atoms with Crippen molar-refractivity contribution in [1.82, 2.24) is 9.97 Å². The van der Waals surface area contributed by atoms with Crippen molar-refractivity contribution >= 4 is 21.4 Å². The number of aromatic nitrogens is 2. The Morgan fingerprint density at radius 2 is 1.97 bits per heavy atom. The third-order valence-electron chi connectivity index (χ3n) is 5.29. The molecule has 4 rings (SSSR count). The molecule has 0 spiro atoms. The van der Waals surface area contributed by atoms with E-state index in [0.717, 1.165) is 36.0 Å². The van der Waals surface area contributed by atoms with Crippen molar-refractivity contribution < 1.29 is 13.3 Å². The summed E-state index contributed by atoms with van der Waals surface area (Å²) >= 11 is 0. The number of H-pyrrole nitrogens is 1. The Morgan fingerprint density at radius 1 is 1.20 bits per heavy atom. The number of nitrogens with one attached hydrogen (secondary N) is 1. The van der Waals surface area contributed by atoms with Gasteiger partial charge in [-0.15, -0.1) is 0 Å². The van der Waals surface area contributed by atoms with Gasteiger partial charge in [-0.25, -0.2) is 18.5 Å². The van der Waals surface area contributed by atoms with E-state index in [1.807, 2.05) is 35.2 Å².